The number of aliphatic hydroxyl groups is 1. The Morgan fingerprint density at radius 1 is 0.602 bits per heavy atom. The number of hydrogen-bond acceptors (Lipinski definition) is 11. The second-order valence-corrected chi connectivity index (χ2v) is 21.8. The Bertz CT molecular complexity index is 4150. The minimum Gasteiger partial charge on any atom is -0.870 e. The first-order valence-corrected chi connectivity index (χ1v) is 33.2. The van der Waals surface area contributed by atoms with Crippen molar-refractivity contribution in [2.45, 2.75) is 44.7 Å². The molecule has 0 amide bonds. The fraction of sp³-hybridized carbons (Fsp3) is 0.182. The Labute approximate surface area is 629 Å². The normalized spacial score (nSPS) is 12.6. The summed E-state index contributed by atoms with van der Waals surface area (Å²) >= 11 is 14.9. The van der Waals surface area contributed by atoms with E-state index in [4.69, 9.17) is 16.3 Å². The topological polar surface area (TPSA) is 220 Å². The van der Waals surface area contributed by atoms with Crippen LogP contribution in [0.15, 0.2) is 205 Å². The number of aromatic amines is 1. The molecule has 93 heavy (non-hydrogen) atoms. The van der Waals surface area contributed by atoms with E-state index in [1.165, 1.54) is 92.0 Å². The number of halogens is 9. The largest absolute Gasteiger partial charge is 1.00 e. The molecule has 4 aromatic carbocycles. The van der Waals surface area contributed by atoms with Crippen LogP contribution in [0.2, 0.25) is 0 Å². The molecule has 16 nitrogen and oxygen atoms in total. The van der Waals surface area contributed by atoms with Crippen molar-refractivity contribution in [1.29, 1.82) is 0 Å². The molecule has 13 rings (SSSR count). The fourth-order valence-electron chi connectivity index (χ4n) is 9.35. The van der Waals surface area contributed by atoms with Gasteiger partial charge in [0.15, 0.2) is 0 Å². The predicted molar refractivity (Wildman–Crippen MR) is 372 cm³/mol. The van der Waals surface area contributed by atoms with E-state index in [9.17, 15) is 31.5 Å². The number of nitrogens with zero attached hydrogens (tertiary/aromatic N) is 7. The predicted octanol–water partition coefficient (Wildman–Crippen LogP) is 13.5. The number of alkyl halides is 1. The number of likely N-dealkylation sites (N-methyl/N-ethyl adjacent to an activating group) is 2. The van der Waals surface area contributed by atoms with E-state index in [0.29, 0.717) is 35.2 Å². The van der Waals surface area contributed by atoms with E-state index >= 15 is 0 Å². The molecule has 1 saturated carbocycles. The maximum Gasteiger partial charge on any atom is 1.00 e. The summed E-state index contributed by atoms with van der Waals surface area (Å²) in [4.78, 5) is 42.3. The average molecular weight is 1710 g/mol. The zero-order chi connectivity index (χ0) is 67.1. The van der Waals surface area contributed by atoms with Crippen molar-refractivity contribution < 1.29 is 117 Å². The molecule has 490 valence electrons. The van der Waals surface area contributed by atoms with Crippen molar-refractivity contribution in [3.63, 3.8) is 0 Å². The maximum absolute atomic E-state index is 13.0. The number of carbonyl (C=O) groups is 2. The summed E-state index contributed by atoms with van der Waals surface area (Å²) in [6, 6.07) is 33.8. The van der Waals surface area contributed by atoms with Gasteiger partial charge in [-0.15, -0.1) is 0 Å². The maximum atomic E-state index is 13.0. The molecule has 2 unspecified atom stereocenters. The van der Waals surface area contributed by atoms with Gasteiger partial charge in [-0.2, -0.15) is 0 Å². The van der Waals surface area contributed by atoms with Gasteiger partial charge in [0.2, 0.25) is 0 Å². The van der Waals surface area contributed by atoms with Crippen LogP contribution >= 0.6 is 74.8 Å². The van der Waals surface area contributed by atoms with E-state index in [1.807, 2.05) is 45.9 Å². The quantitative estimate of drug-likeness (QED) is 0.0415. The Hall–Kier alpha value is -5.35. The van der Waals surface area contributed by atoms with Crippen LogP contribution in [0.25, 0.3) is 60.7 Å². The molecule has 1 aliphatic rings. The van der Waals surface area contributed by atoms with E-state index in [-0.39, 0.29) is 85.7 Å². The zero-order valence-electron chi connectivity index (χ0n) is 51.8. The Morgan fingerprint density at radius 2 is 0.957 bits per heavy atom. The molecule has 0 bridgehead atoms. The molecule has 0 radical (unpaired) electrons. The number of hydrogen-bond donors (Lipinski definition) is 5. The molecule has 1 fully saturated rings. The van der Waals surface area contributed by atoms with Gasteiger partial charge in [-0.05, 0) is 210 Å². The average Bonchev–Trinajstić information content (AvgIpc) is 1.65. The van der Waals surface area contributed by atoms with Gasteiger partial charge in [0, 0.05) is 120 Å². The van der Waals surface area contributed by atoms with Crippen molar-refractivity contribution in [2.24, 2.45) is 0 Å². The number of nitrogens with one attached hydrogen (secondary N) is 3. The number of H-pyrrole nitrogens is 1. The smallest absolute Gasteiger partial charge is 0.870 e. The number of carbonyl (C=O) groups excluding carboxylic acids is 1. The number of rotatable bonds is 8. The van der Waals surface area contributed by atoms with Crippen LogP contribution in [0.1, 0.15) is 54.7 Å². The second kappa shape index (κ2) is 43.7. The van der Waals surface area contributed by atoms with Gasteiger partial charge in [-0.1, -0.05) is 12.8 Å². The minimum absolute atomic E-state index is 0. The molecule has 8 aromatic heterocycles. The van der Waals surface area contributed by atoms with Crippen LogP contribution < -0.4 is 62.0 Å². The van der Waals surface area contributed by atoms with E-state index in [2.05, 4.69) is 117 Å². The summed E-state index contributed by atoms with van der Waals surface area (Å²) in [6.07, 6.45) is 26.1. The monoisotopic (exact) mass is 1700 g/mol. The van der Waals surface area contributed by atoms with Crippen molar-refractivity contribution in [3.05, 3.63) is 243 Å². The van der Waals surface area contributed by atoms with Gasteiger partial charge in [0.25, 0.3) is 0 Å². The third-order valence-electron chi connectivity index (χ3n) is 13.6. The van der Waals surface area contributed by atoms with Gasteiger partial charge >= 0.3 is 96.4 Å². The second-order valence-electron chi connectivity index (χ2n) is 18.9. The number of benzene rings is 4. The number of fused-ring (bicyclic) bond motifs is 4. The number of carboxylic acid groups (broad SMARTS) is 1. The molecule has 8 heterocycles. The number of ether oxygens (including phenoxy) is 1. The van der Waals surface area contributed by atoms with Crippen molar-refractivity contribution in [3.8, 4) is 17.1 Å². The summed E-state index contributed by atoms with van der Waals surface area (Å²) in [7, 11) is 4.11. The number of aromatic carboxylic acids is 1. The Balaban J connectivity index is 0.000000295. The molecule has 0 spiro atoms. The van der Waals surface area contributed by atoms with Crippen molar-refractivity contribution >= 4 is 130 Å². The zero-order valence-corrected chi connectivity index (χ0v) is 62.3. The van der Waals surface area contributed by atoms with Gasteiger partial charge in [-0.25, -0.2) is 27.2 Å². The molecule has 0 saturated heterocycles. The van der Waals surface area contributed by atoms with Crippen LogP contribution in [-0.2, 0) is 17.5 Å². The third-order valence-corrected chi connectivity index (χ3v) is 15.6. The number of aliphatic hydroxyl groups excluding tert-OH is 1. The van der Waals surface area contributed by atoms with Gasteiger partial charge in [0.05, 0.1) is 73.1 Å². The molecule has 6 N–H and O–H groups in total. The summed E-state index contributed by atoms with van der Waals surface area (Å²) in [5, 5.41) is 26.4. The number of carboxylic acids is 1. The Morgan fingerprint density at radius 3 is 1.34 bits per heavy atom. The summed E-state index contributed by atoms with van der Waals surface area (Å²) in [5.74, 6) is -2.43. The summed E-state index contributed by atoms with van der Waals surface area (Å²) in [6.45, 7) is 2.07. The van der Waals surface area contributed by atoms with E-state index in [0.717, 1.165) is 64.0 Å². The number of aromatic nitrogens is 8. The van der Waals surface area contributed by atoms with Gasteiger partial charge in [-0.3, -0.25) is 24.3 Å². The summed E-state index contributed by atoms with van der Waals surface area (Å²) < 4.78 is 80.1. The van der Waals surface area contributed by atoms with Crippen LogP contribution in [0.5, 0.6) is 0 Å². The minimum atomic E-state index is -1.02. The molecule has 12 aromatic rings. The molecule has 0 aliphatic heterocycles. The van der Waals surface area contributed by atoms with Crippen LogP contribution in [-0.4, -0.2) is 113 Å². The van der Waals surface area contributed by atoms with E-state index in [1.54, 1.807) is 130 Å². The third kappa shape index (κ3) is 23.8. The summed E-state index contributed by atoms with van der Waals surface area (Å²) in [5.41, 5.74) is 6.55. The van der Waals surface area contributed by atoms with Crippen LogP contribution in [0, 0.1) is 26.8 Å². The first-order chi connectivity index (χ1) is 44.6. The SMILES string of the molecule is Brc1cncc2[nH]ccc12.CCOC(=O)c1cncc2c1ccn2-c1ccc(F)cc1.CNC1CCCCC1NC.CO.Fc1ccc(-n2ccc3c(Br)cncc32)cc1.Fc1ccc(I)cc1.O=C(O)c1cncc2c1ccn2-c1ccc(F)cc1.[2H]CF.[Cu][I].[K+].[OH-]. The number of esters is 1. The molecule has 1 aliphatic carbocycles. The molecule has 2 atom stereocenters. The van der Waals surface area contributed by atoms with Gasteiger partial charge < -0.3 is 49.7 Å². The fourth-order valence-corrected chi connectivity index (χ4v) is 10.6. The first-order valence-electron chi connectivity index (χ1n) is 28.2. The molecular weight excluding hydrogens is 1640 g/mol. The molecular formula is C66H65Br2CuF5I2KN10O6. The van der Waals surface area contributed by atoms with Crippen LogP contribution in [0.3, 0.4) is 0 Å². The first kappa shape index (κ1) is 80.1. The van der Waals surface area contributed by atoms with Crippen molar-refractivity contribution in [1.82, 2.24) is 49.3 Å². The standard InChI is InChI=1S/C16H13FN2O2.C14H9FN2O2.C13H8BrFN2.C8H18N2.C7H5BrN2.C6H4FI.CH3F.CH4O.Cu.HI.K.H2O/c1-2-21-16(20)14-9-18-10-15-13(14)7-8-19(15)12-5-3-11(17)4-6-12;15-9-1-3-10(4-2-9)17-6-5-11-12(14(18)19)7-16-8-13(11)17;14-12-7-16-8-13-11(12)5-6-17(13)10-3-1-9(15)2-4-10;1-9-7-5-3-4-6-8(7)10-2;8-6-3-9-4-7-5(6)1-2-10-7;7-5-1-3-6(8)4-2-5;2*1-2;;;;/h3-10H,2H2,1H3;1-8H,(H,18,19);1-8H;7-10H,3-6H2,1-2H3;1-4,10H;1-4H;1H3;2H,1H3;;1H;;1H2/q;;;;;;;;+1;;+1;/p-2/i;;;;;;1D;;;;;. The molecule has 27 heteroatoms. The Kier molecular flexibility index (Phi) is 37.6. The van der Waals surface area contributed by atoms with Crippen LogP contribution in [0.4, 0.5) is 22.0 Å². The van der Waals surface area contributed by atoms with Gasteiger partial charge in [0.1, 0.15) is 23.3 Å². The van der Waals surface area contributed by atoms with E-state index < -0.39 is 19.1 Å². The number of pyridine rings is 4. The van der Waals surface area contributed by atoms with Crippen molar-refractivity contribution in [2.75, 3.05) is 35.0 Å².